The summed E-state index contributed by atoms with van der Waals surface area (Å²) in [7, 11) is 1.91. The SMILES string of the molecule is CCO[C@H]1C[C@@]2(C)[C@@H](CC[C@@H]3[C@@H]2CC[C@]2(C)[C@@H](OC)CC[C@@H]32)C[C@@H]1O. The molecule has 0 amide bonds. The average Bonchev–Trinajstić information content (AvgIpc) is 2.93. The van der Waals surface area contributed by atoms with Gasteiger partial charge in [0, 0.05) is 13.7 Å². The summed E-state index contributed by atoms with van der Waals surface area (Å²) in [5.41, 5.74) is 0.751. The molecule has 1 N–H and O–H groups in total. The summed E-state index contributed by atoms with van der Waals surface area (Å²) in [5, 5.41) is 10.6. The van der Waals surface area contributed by atoms with Gasteiger partial charge >= 0.3 is 0 Å². The molecule has 0 spiro atoms. The van der Waals surface area contributed by atoms with Crippen LogP contribution in [-0.2, 0) is 9.47 Å². The van der Waals surface area contributed by atoms with E-state index in [1.165, 1.54) is 38.5 Å². The van der Waals surface area contributed by atoms with E-state index >= 15 is 0 Å². The van der Waals surface area contributed by atoms with Crippen molar-refractivity contribution in [2.75, 3.05) is 13.7 Å². The fraction of sp³-hybridized carbons (Fsp3) is 1.00. The quantitative estimate of drug-likeness (QED) is 0.819. The standard InChI is InChI=1S/C22H38O3/c1-5-25-19-13-22(3)14(12-18(19)23)6-7-15-16-8-9-20(24-4)21(16,2)11-10-17(15)22/h14-20,23H,5-13H2,1-4H3/t14-,15-,16-,17-,18-,19-,20-,21-,22-/m0/s1. The molecule has 4 fully saturated rings. The highest BCUT2D eigenvalue weighted by atomic mass is 16.5. The minimum atomic E-state index is -0.257. The van der Waals surface area contributed by atoms with Crippen LogP contribution in [0.4, 0.5) is 0 Å². The van der Waals surface area contributed by atoms with E-state index in [-0.39, 0.29) is 12.2 Å². The predicted octanol–water partition coefficient (Wildman–Crippen LogP) is 4.42. The summed E-state index contributed by atoms with van der Waals surface area (Å²) in [6.45, 7) is 7.82. The molecule has 0 bridgehead atoms. The molecular formula is C22H38O3. The summed E-state index contributed by atoms with van der Waals surface area (Å²) < 4.78 is 11.9. The van der Waals surface area contributed by atoms with Crippen LogP contribution in [0.5, 0.6) is 0 Å². The van der Waals surface area contributed by atoms with Gasteiger partial charge in [0.05, 0.1) is 18.3 Å². The minimum absolute atomic E-state index is 0.0496. The highest BCUT2D eigenvalue weighted by Crippen LogP contribution is 2.66. The van der Waals surface area contributed by atoms with Crippen molar-refractivity contribution in [3.8, 4) is 0 Å². The third-order valence-corrected chi connectivity index (χ3v) is 9.24. The number of hydrogen-bond acceptors (Lipinski definition) is 3. The fourth-order valence-corrected chi connectivity index (χ4v) is 7.98. The van der Waals surface area contributed by atoms with Gasteiger partial charge in [-0.15, -0.1) is 0 Å². The van der Waals surface area contributed by atoms with Gasteiger partial charge < -0.3 is 14.6 Å². The Morgan fingerprint density at radius 1 is 1.00 bits per heavy atom. The van der Waals surface area contributed by atoms with Gasteiger partial charge in [0.15, 0.2) is 0 Å². The Hall–Kier alpha value is -0.120. The number of methoxy groups -OCH3 is 1. The molecule has 4 aliphatic carbocycles. The first-order chi connectivity index (χ1) is 11.9. The zero-order valence-corrected chi connectivity index (χ0v) is 16.7. The lowest BCUT2D eigenvalue weighted by atomic mass is 9.45. The molecule has 4 rings (SSSR count). The molecule has 0 aromatic carbocycles. The Morgan fingerprint density at radius 3 is 2.48 bits per heavy atom. The Kier molecular flexibility index (Phi) is 4.74. The predicted molar refractivity (Wildman–Crippen MR) is 99.3 cm³/mol. The molecule has 4 aliphatic rings. The van der Waals surface area contributed by atoms with E-state index in [0.717, 1.165) is 30.6 Å². The summed E-state index contributed by atoms with van der Waals surface area (Å²) in [5.74, 6) is 3.20. The highest BCUT2D eigenvalue weighted by molar-refractivity contribution is 5.10. The second-order valence-corrected chi connectivity index (χ2v) is 10.0. The molecule has 0 saturated heterocycles. The van der Waals surface area contributed by atoms with Crippen LogP contribution in [0.25, 0.3) is 0 Å². The zero-order chi connectivity index (χ0) is 17.8. The second-order valence-electron chi connectivity index (χ2n) is 10.0. The van der Waals surface area contributed by atoms with Gasteiger partial charge in [-0.1, -0.05) is 13.8 Å². The number of rotatable bonds is 3. The maximum absolute atomic E-state index is 10.6. The number of ether oxygens (including phenoxy) is 2. The fourth-order valence-electron chi connectivity index (χ4n) is 7.98. The first-order valence-corrected chi connectivity index (χ1v) is 10.8. The van der Waals surface area contributed by atoms with Gasteiger partial charge in [0.2, 0.25) is 0 Å². The van der Waals surface area contributed by atoms with E-state index < -0.39 is 0 Å². The molecule has 0 heterocycles. The molecule has 0 unspecified atom stereocenters. The van der Waals surface area contributed by atoms with Gasteiger partial charge in [0.1, 0.15) is 0 Å². The van der Waals surface area contributed by atoms with Crippen LogP contribution in [0, 0.1) is 34.5 Å². The van der Waals surface area contributed by atoms with Crippen molar-refractivity contribution in [2.45, 2.75) is 90.4 Å². The zero-order valence-electron chi connectivity index (χ0n) is 16.7. The van der Waals surface area contributed by atoms with E-state index in [1.807, 2.05) is 7.11 Å². The van der Waals surface area contributed by atoms with Crippen molar-refractivity contribution in [3.63, 3.8) is 0 Å². The molecule has 9 atom stereocenters. The monoisotopic (exact) mass is 350 g/mol. The van der Waals surface area contributed by atoms with Crippen molar-refractivity contribution in [2.24, 2.45) is 34.5 Å². The van der Waals surface area contributed by atoms with Gasteiger partial charge in [-0.05, 0) is 92.8 Å². The van der Waals surface area contributed by atoms with Gasteiger partial charge in [-0.25, -0.2) is 0 Å². The Balaban J connectivity index is 1.59. The normalized spacial score (nSPS) is 55.3. The molecule has 0 aliphatic heterocycles. The van der Waals surface area contributed by atoms with E-state index in [4.69, 9.17) is 9.47 Å². The van der Waals surface area contributed by atoms with Crippen LogP contribution in [-0.4, -0.2) is 37.1 Å². The van der Waals surface area contributed by atoms with Crippen molar-refractivity contribution >= 4 is 0 Å². The van der Waals surface area contributed by atoms with Crippen LogP contribution in [0.15, 0.2) is 0 Å². The van der Waals surface area contributed by atoms with E-state index in [0.29, 0.717) is 29.5 Å². The topological polar surface area (TPSA) is 38.7 Å². The lowest BCUT2D eigenvalue weighted by Gasteiger charge is -2.61. The van der Waals surface area contributed by atoms with Gasteiger partial charge in [-0.3, -0.25) is 0 Å². The van der Waals surface area contributed by atoms with E-state index in [9.17, 15) is 5.11 Å². The smallest absolute Gasteiger partial charge is 0.0839 e. The molecule has 144 valence electrons. The van der Waals surface area contributed by atoms with Crippen molar-refractivity contribution in [1.82, 2.24) is 0 Å². The molecule has 3 nitrogen and oxygen atoms in total. The molecular weight excluding hydrogens is 312 g/mol. The number of fused-ring (bicyclic) bond motifs is 5. The van der Waals surface area contributed by atoms with Gasteiger partial charge in [-0.2, -0.15) is 0 Å². The summed E-state index contributed by atoms with van der Waals surface area (Å²) in [6.07, 6.45) is 10.2. The van der Waals surface area contributed by atoms with Crippen molar-refractivity contribution in [1.29, 1.82) is 0 Å². The molecule has 25 heavy (non-hydrogen) atoms. The summed E-state index contributed by atoms with van der Waals surface area (Å²) in [6, 6.07) is 0. The number of aliphatic hydroxyl groups excluding tert-OH is 1. The summed E-state index contributed by atoms with van der Waals surface area (Å²) in [4.78, 5) is 0. The van der Waals surface area contributed by atoms with Crippen LogP contribution in [0.2, 0.25) is 0 Å². The Bertz CT molecular complexity index is 494. The van der Waals surface area contributed by atoms with Crippen molar-refractivity contribution in [3.05, 3.63) is 0 Å². The third kappa shape index (κ3) is 2.63. The Labute approximate surface area is 153 Å². The average molecular weight is 351 g/mol. The van der Waals surface area contributed by atoms with Gasteiger partial charge in [0.25, 0.3) is 0 Å². The highest BCUT2D eigenvalue weighted by Gasteiger charge is 2.61. The first kappa shape index (κ1) is 18.3. The Morgan fingerprint density at radius 2 is 1.76 bits per heavy atom. The molecule has 3 heteroatoms. The maximum Gasteiger partial charge on any atom is 0.0839 e. The van der Waals surface area contributed by atoms with Crippen LogP contribution < -0.4 is 0 Å². The number of aliphatic hydroxyl groups is 1. The molecule has 4 saturated carbocycles. The first-order valence-electron chi connectivity index (χ1n) is 10.8. The van der Waals surface area contributed by atoms with Crippen LogP contribution >= 0.6 is 0 Å². The second kappa shape index (κ2) is 6.49. The number of hydrogen-bond donors (Lipinski definition) is 1. The summed E-state index contributed by atoms with van der Waals surface area (Å²) >= 11 is 0. The van der Waals surface area contributed by atoms with E-state index in [2.05, 4.69) is 20.8 Å². The lowest BCUT2D eigenvalue weighted by molar-refractivity contribution is -0.174. The van der Waals surface area contributed by atoms with Crippen LogP contribution in [0.1, 0.15) is 72.1 Å². The molecule has 0 radical (unpaired) electrons. The third-order valence-electron chi connectivity index (χ3n) is 9.24. The minimum Gasteiger partial charge on any atom is -0.390 e. The molecule has 0 aromatic rings. The lowest BCUT2D eigenvalue weighted by Crippen LogP contribution is -2.57. The van der Waals surface area contributed by atoms with Crippen LogP contribution in [0.3, 0.4) is 0 Å². The van der Waals surface area contributed by atoms with Crippen molar-refractivity contribution < 1.29 is 14.6 Å². The molecule has 0 aromatic heterocycles. The van der Waals surface area contributed by atoms with E-state index in [1.54, 1.807) is 0 Å². The largest absolute Gasteiger partial charge is 0.390 e. The maximum atomic E-state index is 10.6.